The highest BCUT2D eigenvalue weighted by atomic mass is 32.1. The molecule has 5 N–H and O–H groups in total. The summed E-state index contributed by atoms with van der Waals surface area (Å²) in [5.74, 6) is -3.16. The van der Waals surface area contributed by atoms with Gasteiger partial charge in [0.1, 0.15) is 4.75 Å². The summed E-state index contributed by atoms with van der Waals surface area (Å²) in [5, 5.41) is 20.9. The molecule has 0 radical (unpaired) electrons. The highest BCUT2D eigenvalue weighted by Crippen LogP contribution is 2.35. The molecule has 25 heavy (non-hydrogen) atoms. The Bertz CT molecular complexity index is 519. The molecule has 1 aliphatic heterocycles. The normalized spacial score (nSPS) is 24.6. The van der Waals surface area contributed by atoms with Crippen molar-refractivity contribution in [2.45, 2.75) is 25.0 Å². The van der Waals surface area contributed by atoms with Crippen LogP contribution in [-0.2, 0) is 19.1 Å². The topological polar surface area (TPSA) is 139 Å². The number of primary amides is 1. The minimum absolute atomic E-state index is 0.0601. The fraction of sp³-hybridized carbons (Fsp3) is 0.562. The molecular weight excluding hydrogens is 348 g/mol. The van der Waals surface area contributed by atoms with Crippen LogP contribution in [0.3, 0.4) is 0 Å². The molecule has 0 aromatic heterocycles. The zero-order valence-corrected chi connectivity index (χ0v) is 15.3. The van der Waals surface area contributed by atoms with Crippen LogP contribution in [0.15, 0.2) is 23.8 Å². The number of carboxylic acids is 2. The molecule has 1 heterocycles. The Kier molecular flexibility index (Phi) is 10.8. The van der Waals surface area contributed by atoms with Gasteiger partial charge in [0.2, 0.25) is 5.91 Å². The first-order chi connectivity index (χ1) is 11.7. The molecule has 0 spiro atoms. The maximum absolute atomic E-state index is 10.9. The van der Waals surface area contributed by atoms with E-state index in [1.165, 1.54) is 25.2 Å². The largest absolute Gasteiger partial charge is 0.480 e. The number of hydrogen-bond acceptors (Lipinski definition) is 6. The first kappa shape index (κ1) is 23.2. The predicted molar refractivity (Wildman–Crippen MR) is 96.5 cm³/mol. The van der Waals surface area contributed by atoms with Crippen molar-refractivity contribution in [2.24, 2.45) is 11.7 Å². The second-order valence-corrected chi connectivity index (χ2v) is 6.06. The fourth-order valence-electron chi connectivity index (χ4n) is 1.85. The highest BCUT2D eigenvalue weighted by molar-refractivity contribution is 7.83. The summed E-state index contributed by atoms with van der Waals surface area (Å²) in [6.07, 6.45) is 4.63. The third-order valence-electron chi connectivity index (χ3n) is 3.54. The average molecular weight is 374 g/mol. The number of aliphatic carboxylic acids is 2. The van der Waals surface area contributed by atoms with Crippen molar-refractivity contribution < 1.29 is 29.3 Å². The predicted octanol–water partition coefficient (Wildman–Crippen LogP) is 0.444. The van der Waals surface area contributed by atoms with Gasteiger partial charge in [-0.2, -0.15) is 12.6 Å². The van der Waals surface area contributed by atoms with Crippen LogP contribution in [0.5, 0.6) is 0 Å². The van der Waals surface area contributed by atoms with Crippen LogP contribution in [0.2, 0.25) is 0 Å². The minimum atomic E-state index is -1.43. The quantitative estimate of drug-likeness (QED) is 0.452. The van der Waals surface area contributed by atoms with Gasteiger partial charge in [-0.1, -0.05) is 32.1 Å². The monoisotopic (exact) mass is 374 g/mol. The number of nitrogens with two attached hydrogens (primary N) is 1. The number of morpholine rings is 1. The molecule has 0 aromatic carbocycles. The van der Waals surface area contributed by atoms with Crippen LogP contribution < -0.4 is 11.1 Å². The van der Waals surface area contributed by atoms with Crippen LogP contribution in [0.25, 0.3) is 0 Å². The van der Waals surface area contributed by atoms with E-state index in [9.17, 15) is 14.4 Å². The number of nitrogens with one attached hydrogen (secondary N) is 1. The maximum Gasteiger partial charge on any atom is 0.331 e. The van der Waals surface area contributed by atoms with Gasteiger partial charge in [-0.3, -0.25) is 9.59 Å². The third kappa shape index (κ3) is 8.19. The Morgan fingerprint density at radius 2 is 1.88 bits per heavy atom. The van der Waals surface area contributed by atoms with E-state index in [1.54, 1.807) is 6.92 Å². The van der Waals surface area contributed by atoms with Gasteiger partial charge >= 0.3 is 11.9 Å². The summed E-state index contributed by atoms with van der Waals surface area (Å²) in [6, 6.07) is 0. The fourth-order valence-corrected chi connectivity index (χ4v) is 2.08. The lowest BCUT2D eigenvalue weighted by atomic mass is 9.82. The van der Waals surface area contributed by atoms with Gasteiger partial charge < -0.3 is 26.0 Å². The molecule has 2 aliphatic rings. The van der Waals surface area contributed by atoms with Crippen molar-refractivity contribution in [1.29, 1.82) is 0 Å². The van der Waals surface area contributed by atoms with Gasteiger partial charge in [0.25, 0.3) is 0 Å². The minimum Gasteiger partial charge on any atom is -0.480 e. The maximum atomic E-state index is 10.9. The van der Waals surface area contributed by atoms with Crippen LogP contribution in [0.1, 0.15) is 20.3 Å². The number of allylic oxidation sites excluding steroid dienone is 2. The first-order valence-corrected chi connectivity index (χ1v) is 8.26. The second-order valence-electron chi connectivity index (χ2n) is 5.32. The van der Waals surface area contributed by atoms with E-state index in [4.69, 9.17) is 14.9 Å². The molecule has 1 saturated heterocycles. The lowest BCUT2D eigenvalue weighted by molar-refractivity contribution is -0.139. The van der Waals surface area contributed by atoms with Crippen molar-refractivity contribution in [3.05, 3.63) is 23.8 Å². The Hall–Kier alpha value is -1.84. The van der Waals surface area contributed by atoms with Gasteiger partial charge in [0.05, 0.1) is 13.2 Å². The standard InChI is InChI=1S/C9H10O4S.C4H9NO.C3H7NO/c1-5-6(7(10)11)3-2-4-9(5,14)8(12)13;1-3-6-4-2-5-1;1-2-3(4)5/h2-5,14H,1H3,(H,10,11)(H,12,13);5H,1-4H2;2H2,1H3,(H2,4,5). The lowest BCUT2D eigenvalue weighted by Crippen LogP contribution is -2.41. The second kappa shape index (κ2) is 11.7. The van der Waals surface area contributed by atoms with Gasteiger partial charge in [0.15, 0.2) is 0 Å². The van der Waals surface area contributed by atoms with Gasteiger partial charge in [0, 0.05) is 31.0 Å². The molecule has 8 nitrogen and oxygen atoms in total. The van der Waals surface area contributed by atoms with E-state index in [0.29, 0.717) is 6.42 Å². The SMILES string of the molecule is C1COCCN1.CC1C(C(=O)O)=CC=CC1(S)C(=O)O.CCC(N)=O. The number of carbonyl (C=O) groups excluding carboxylic acids is 1. The molecule has 1 amide bonds. The lowest BCUT2D eigenvalue weighted by Gasteiger charge is -2.29. The molecule has 2 atom stereocenters. The van der Waals surface area contributed by atoms with E-state index in [0.717, 1.165) is 26.3 Å². The Morgan fingerprint density at radius 3 is 2.16 bits per heavy atom. The highest BCUT2D eigenvalue weighted by Gasteiger charge is 2.42. The van der Waals surface area contributed by atoms with E-state index in [2.05, 4.69) is 23.7 Å². The third-order valence-corrected chi connectivity index (χ3v) is 4.26. The number of rotatable bonds is 3. The van der Waals surface area contributed by atoms with Gasteiger partial charge in [-0.25, -0.2) is 4.79 Å². The molecule has 0 bridgehead atoms. The molecule has 0 saturated carbocycles. The number of carbonyl (C=O) groups is 3. The number of amides is 1. The summed E-state index contributed by atoms with van der Waals surface area (Å²) in [5.41, 5.74) is 4.71. The zero-order chi connectivity index (χ0) is 19.5. The van der Waals surface area contributed by atoms with Crippen LogP contribution in [-0.4, -0.2) is 59.1 Å². The van der Waals surface area contributed by atoms with Crippen LogP contribution >= 0.6 is 12.6 Å². The molecule has 1 aliphatic carbocycles. The summed E-state index contributed by atoms with van der Waals surface area (Å²) >= 11 is 4.00. The van der Waals surface area contributed by atoms with Crippen molar-refractivity contribution in [3.63, 3.8) is 0 Å². The smallest absolute Gasteiger partial charge is 0.331 e. The van der Waals surface area contributed by atoms with Crippen molar-refractivity contribution >= 4 is 30.5 Å². The van der Waals surface area contributed by atoms with E-state index >= 15 is 0 Å². The van der Waals surface area contributed by atoms with E-state index in [-0.39, 0.29) is 11.5 Å². The molecule has 9 heteroatoms. The van der Waals surface area contributed by atoms with E-state index < -0.39 is 22.6 Å². The first-order valence-electron chi connectivity index (χ1n) is 7.82. The number of hydrogen-bond donors (Lipinski definition) is 5. The Balaban J connectivity index is 0.000000429. The average Bonchev–Trinajstić information content (AvgIpc) is 2.59. The molecule has 0 aromatic rings. The molecule has 142 valence electrons. The van der Waals surface area contributed by atoms with Crippen LogP contribution in [0.4, 0.5) is 0 Å². The Labute approximate surface area is 152 Å². The summed E-state index contributed by atoms with van der Waals surface area (Å²) in [7, 11) is 0. The van der Waals surface area contributed by atoms with Crippen LogP contribution in [0, 0.1) is 5.92 Å². The van der Waals surface area contributed by atoms with Gasteiger partial charge in [-0.15, -0.1) is 0 Å². The number of thiol groups is 1. The Morgan fingerprint density at radius 1 is 1.36 bits per heavy atom. The van der Waals surface area contributed by atoms with Crippen molar-refractivity contribution in [1.82, 2.24) is 5.32 Å². The van der Waals surface area contributed by atoms with E-state index in [1.807, 2.05) is 0 Å². The summed E-state index contributed by atoms with van der Waals surface area (Å²) < 4.78 is 3.58. The molecule has 2 rings (SSSR count). The number of carboxylic acid groups (broad SMARTS) is 2. The summed E-state index contributed by atoms with van der Waals surface area (Å²) in [4.78, 5) is 31.2. The molecule has 1 fully saturated rings. The summed E-state index contributed by atoms with van der Waals surface area (Å²) in [6.45, 7) is 7.09. The van der Waals surface area contributed by atoms with Crippen molar-refractivity contribution in [3.8, 4) is 0 Å². The zero-order valence-electron chi connectivity index (χ0n) is 14.4. The molecule has 2 unspecified atom stereocenters. The van der Waals surface area contributed by atoms with Gasteiger partial charge in [-0.05, 0) is 0 Å². The van der Waals surface area contributed by atoms with Crippen molar-refractivity contribution in [2.75, 3.05) is 26.3 Å². The number of ether oxygens (including phenoxy) is 1. The molecular formula is C16H26N2O6S.